The molecule has 1 saturated heterocycles. The second kappa shape index (κ2) is 5.53. The average molecular weight is 161 g/mol. The summed E-state index contributed by atoms with van der Waals surface area (Å²) in [5.41, 5.74) is 0. The number of hydrogen-bond donors (Lipinski definition) is 0. The van der Waals surface area contributed by atoms with Gasteiger partial charge in [-0.25, -0.2) is 0 Å². The van der Waals surface area contributed by atoms with Crippen LogP contribution in [0.5, 0.6) is 0 Å². The van der Waals surface area contributed by atoms with E-state index in [4.69, 9.17) is 0 Å². The summed E-state index contributed by atoms with van der Waals surface area (Å²) in [6.07, 6.45) is 1.03. The zero-order valence-corrected chi connectivity index (χ0v) is 8.10. The van der Waals surface area contributed by atoms with Gasteiger partial charge in [0.15, 0.2) is 0 Å². The van der Waals surface area contributed by atoms with Crippen LogP contribution in [0.1, 0.15) is 27.2 Å². The highest BCUT2D eigenvalue weighted by Gasteiger charge is 2.25. The van der Waals surface area contributed by atoms with Crippen LogP contribution in [0, 0.1) is 5.92 Å². The van der Waals surface area contributed by atoms with E-state index in [-0.39, 0.29) is 6.67 Å². The monoisotopic (exact) mass is 161 g/mol. The molecule has 0 N–H and O–H groups in total. The van der Waals surface area contributed by atoms with E-state index in [2.05, 4.69) is 18.9 Å². The van der Waals surface area contributed by atoms with Crippen LogP contribution < -0.4 is 0 Å². The van der Waals surface area contributed by atoms with Gasteiger partial charge in [-0.3, -0.25) is 4.39 Å². The molecule has 0 aliphatic carbocycles. The maximum absolute atomic E-state index is 12.0. The first-order chi connectivity index (χ1) is 5.24. The summed E-state index contributed by atoms with van der Waals surface area (Å²) in [7, 11) is 2.06. The van der Waals surface area contributed by atoms with E-state index in [1.165, 1.54) is 0 Å². The molecule has 0 amide bonds. The third kappa shape index (κ3) is 3.19. The second-order valence-corrected chi connectivity index (χ2v) is 3.04. The summed E-state index contributed by atoms with van der Waals surface area (Å²) in [6.45, 7) is 6.95. The molecule has 2 atom stereocenters. The lowest BCUT2D eigenvalue weighted by molar-refractivity contribution is 0.314. The summed E-state index contributed by atoms with van der Waals surface area (Å²) in [4.78, 5) is 2.21. The largest absolute Gasteiger partial charge is 0.303 e. The molecule has 0 spiro atoms. The number of hydrogen-bond acceptors (Lipinski definition) is 1. The summed E-state index contributed by atoms with van der Waals surface area (Å²) in [5.74, 6) is 0.310. The van der Waals surface area contributed by atoms with Gasteiger partial charge in [0.05, 0.1) is 6.67 Å². The van der Waals surface area contributed by atoms with Crippen LogP contribution in [0.15, 0.2) is 0 Å². The van der Waals surface area contributed by atoms with E-state index in [0.717, 1.165) is 13.0 Å². The van der Waals surface area contributed by atoms with Crippen molar-refractivity contribution >= 4 is 0 Å². The highest BCUT2D eigenvalue weighted by molar-refractivity contribution is 4.79. The third-order valence-electron chi connectivity index (χ3n) is 2.19. The van der Waals surface area contributed by atoms with Crippen molar-refractivity contribution < 1.29 is 4.39 Å². The molecule has 2 unspecified atom stereocenters. The molecule has 0 radical (unpaired) electrons. The Morgan fingerprint density at radius 2 is 2.00 bits per heavy atom. The van der Waals surface area contributed by atoms with Crippen LogP contribution in [-0.2, 0) is 0 Å². The maximum atomic E-state index is 12.0. The fraction of sp³-hybridized carbons (Fsp3) is 1.00. The van der Waals surface area contributed by atoms with Gasteiger partial charge in [-0.1, -0.05) is 13.8 Å². The van der Waals surface area contributed by atoms with Crippen molar-refractivity contribution in [2.24, 2.45) is 5.92 Å². The average Bonchev–Trinajstić information content (AvgIpc) is 2.36. The zero-order chi connectivity index (χ0) is 8.85. The first-order valence-electron chi connectivity index (χ1n) is 4.50. The van der Waals surface area contributed by atoms with Gasteiger partial charge in [0.25, 0.3) is 0 Å². The minimum atomic E-state index is -0.144. The van der Waals surface area contributed by atoms with Crippen LogP contribution in [0.3, 0.4) is 0 Å². The standard InChI is InChI=1S/C7H14FN.C2H6/c1-6-3-7(4-8)5-9(6)2;1-2/h6-7H,3-5H2,1-2H3;1-2H3. The zero-order valence-electron chi connectivity index (χ0n) is 8.10. The molecule has 1 aliphatic rings. The summed E-state index contributed by atoms with van der Waals surface area (Å²) in [5, 5.41) is 0. The van der Waals surface area contributed by atoms with Crippen LogP contribution in [0.4, 0.5) is 4.39 Å². The first kappa shape index (κ1) is 10.9. The Balaban J connectivity index is 0.000000461. The Kier molecular flexibility index (Phi) is 5.47. The van der Waals surface area contributed by atoms with E-state index < -0.39 is 0 Å². The topological polar surface area (TPSA) is 3.24 Å². The van der Waals surface area contributed by atoms with E-state index in [1.807, 2.05) is 13.8 Å². The summed E-state index contributed by atoms with van der Waals surface area (Å²) >= 11 is 0. The summed E-state index contributed by atoms with van der Waals surface area (Å²) in [6, 6.07) is 0.589. The van der Waals surface area contributed by atoms with Crippen LogP contribution in [0.2, 0.25) is 0 Å². The van der Waals surface area contributed by atoms with Crippen molar-refractivity contribution in [3.63, 3.8) is 0 Å². The lowest BCUT2D eigenvalue weighted by Crippen LogP contribution is -2.21. The molecule has 0 bridgehead atoms. The highest BCUT2D eigenvalue weighted by Crippen LogP contribution is 2.20. The molecule has 68 valence electrons. The third-order valence-corrected chi connectivity index (χ3v) is 2.19. The van der Waals surface area contributed by atoms with Gasteiger partial charge in [-0.05, 0) is 20.4 Å². The van der Waals surface area contributed by atoms with Gasteiger partial charge < -0.3 is 4.90 Å². The minimum Gasteiger partial charge on any atom is -0.303 e. The Morgan fingerprint density at radius 1 is 1.45 bits per heavy atom. The molecule has 11 heavy (non-hydrogen) atoms. The van der Waals surface area contributed by atoms with E-state index in [1.54, 1.807) is 0 Å². The fourth-order valence-electron chi connectivity index (χ4n) is 1.44. The Hall–Kier alpha value is -0.110. The van der Waals surface area contributed by atoms with Gasteiger partial charge in [-0.2, -0.15) is 0 Å². The predicted octanol–water partition coefficient (Wildman–Crippen LogP) is 2.32. The molecule has 1 fully saturated rings. The maximum Gasteiger partial charge on any atom is 0.0935 e. The van der Waals surface area contributed by atoms with E-state index in [0.29, 0.717) is 12.0 Å². The van der Waals surface area contributed by atoms with Crippen LogP contribution in [-0.4, -0.2) is 31.2 Å². The van der Waals surface area contributed by atoms with Crippen molar-refractivity contribution in [3.05, 3.63) is 0 Å². The molecule has 2 heteroatoms. The van der Waals surface area contributed by atoms with Crippen LogP contribution in [0.25, 0.3) is 0 Å². The van der Waals surface area contributed by atoms with Gasteiger partial charge in [0.2, 0.25) is 0 Å². The van der Waals surface area contributed by atoms with Crippen molar-refractivity contribution in [2.75, 3.05) is 20.3 Å². The van der Waals surface area contributed by atoms with Crippen molar-refractivity contribution in [1.82, 2.24) is 4.90 Å². The molecule has 1 heterocycles. The Bertz CT molecular complexity index is 85.6. The lowest BCUT2D eigenvalue weighted by Gasteiger charge is -2.12. The van der Waals surface area contributed by atoms with Crippen molar-refractivity contribution in [3.8, 4) is 0 Å². The van der Waals surface area contributed by atoms with Gasteiger partial charge in [0, 0.05) is 18.5 Å². The molecule has 0 aromatic rings. The highest BCUT2D eigenvalue weighted by atomic mass is 19.1. The molecular formula is C9H20FN. The molecule has 0 saturated carbocycles. The van der Waals surface area contributed by atoms with E-state index >= 15 is 0 Å². The smallest absolute Gasteiger partial charge is 0.0935 e. The number of alkyl halides is 1. The normalized spacial score (nSPS) is 31.4. The minimum absolute atomic E-state index is 0.144. The lowest BCUT2D eigenvalue weighted by atomic mass is 10.1. The quantitative estimate of drug-likeness (QED) is 0.570. The Labute approximate surface area is 69.6 Å². The van der Waals surface area contributed by atoms with Gasteiger partial charge in [0.1, 0.15) is 0 Å². The fourth-order valence-corrected chi connectivity index (χ4v) is 1.44. The number of nitrogens with zero attached hydrogens (tertiary/aromatic N) is 1. The van der Waals surface area contributed by atoms with Gasteiger partial charge in [-0.15, -0.1) is 0 Å². The predicted molar refractivity (Wildman–Crippen MR) is 47.5 cm³/mol. The van der Waals surface area contributed by atoms with Crippen molar-refractivity contribution in [1.29, 1.82) is 0 Å². The molecular weight excluding hydrogens is 141 g/mol. The van der Waals surface area contributed by atoms with Gasteiger partial charge >= 0.3 is 0 Å². The molecule has 1 nitrogen and oxygen atoms in total. The second-order valence-electron chi connectivity index (χ2n) is 3.04. The number of rotatable bonds is 1. The summed E-state index contributed by atoms with van der Waals surface area (Å²) < 4.78 is 12.0. The first-order valence-corrected chi connectivity index (χ1v) is 4.50. The molecule has 0 aromatic carbocycles. The molecule has 1 rings (SSSR count). The molecule has 0 aromatic heterocycles. The number of halogens is 1. The Morgan fingerprint density at radius 3 is 2.18 bits per heavy atom. The molecule has 1 aliphatic heterocycles. The van der Waals surface area contributed by atoms with Crippen LogP contribution >= 0.6 is 0 Å². The SMILES string of the molecule is CC.CC1CC(CF)CN1C. The number of likely N-dealkylation sites (tertiary alicyclic amines) is 1. The van der Waals surface area contributed by atoms with Crippen molar-refractivity contribution in [2.45, 2.75) is 33.2 Å². The van der Waals surface area contributed by atoms with E-state index in [9.17, 15) is 4.39 Å².